The molecule has 4 rings (SSSR count). The highest BCUT2D eigenvalue weighted by atomic mass is 32.1. The highest BCUT2D eigenvalue weighted by Crippen LogP contribution is 2.40. The molecule has 208 valence electrons. The number of thiophene rings is 1. The summed E-state index contributed by atoms with van der Waals surface area (Å²) in [6, 6.07) is 1.93. The fourth-order valence-electron chi connectivity index (χ4n) is 5.75. The van der Waals surface area contributed by atoms with Crippen molar-refractivity contribution in [3.05, 3.63) is 27.5 Å². The number of esters is 1. The maximum atomic E-state index is 14.3. The largest absolute Gasteiger partial charge is 0.465 e. The third-order valence-corrected chi connectivity index (χ3v) is 8.81. The second-order valence-corrected chi connectivity index (χ2v) is 13.2. The van der Waals surface area contributed by atoms with Crippen LogP contribution >= 0.6 is 11.3 Å². The monoisotopic (exact) mass is 541 g/mol. The Morgan fingerprint density at radius 1 is 1.13 bits per heavy atom. The van der Waals surface area contributed by atoms with Crippen LogP contribution in [0.5, 0.6) is 0 Å². The molecule has 2 fully saturated rings. The van der Waals surface area contributed by atoms with E-state index in [1.54, 1.807) is 0 Å². The molecule has 38 heavy (non-hydrogen) atoms. The third-order valence-electron chi connectivity index (χ3n) is 7.79. The van der Waals surface area contributed by atoms with Gasteiger partial charge in [0.25, 0.3) is 0 Å². The molecule has 3 atom stereocenters. The number of nitrogens with zero attached hydrogens (tertiary/aromatic N) is 1. The molecular weight excluding hydrogens is 498 g/mol. The lowest BCUT2D eigenvalue weighted by Crippen LogP contribution is -2.48. The van der Waals surface area contributed by atoms with E-state index in [9.17, 15) is 9.59 Å². The summed E-state index contributed by atoms with van der Waals surface area (Å²) in [5.41, 5.74) is 1.82. The Bertz CT molecular complexity index is 1090. The van der Waals surface area contributed by atoms with E-state index >= 15 is 0 Å². The molecule has 1 aromatic rings. The van der Waals surface area contributed by atoms with Gasteiger partial charge in [0, 0.05) is 24.0 Å². The van der Waals surface area contributed by atoms with Crippen LogP contribution < -0.4 is 4.90 Å². The summed E-state index contributed by atoms with van der Waals surface area (Å²) in [4.78, 5) is 30.4. The first-order chi connectivity index (χ1) is 18.1. The maximum absolute atomic E-state index is 14.3. The molecule has 0 bridgehead atoms. The van der Waals surface area contributed by atoms with Gasteiger partial charge in [-0.1, -0.05) is 30.4 Å². The first-order valence-corrected chi connectivity index (χ1v) is 14.8. The van der Waals surface area contributed by atoms with Crippen molar-refractivity contribution < 1.29 is 23.8 Å². The van der Waals surface area contributed by atoms with Gasteiger partial charge in [-0.05, 0) is 84.6 Å². The predicted molar refractivity (Wildman–Crippen MR) is 151 cm³/mol. The van der Waals surface area contributed by atoms with E-state index in [2.05, 4.69) is 52.5 Å². The molecule has 1 saturated heterocycles. The van der Waals surface area contributed by atoms with Crippen LogP contribution in [0.15, 0.2) is 17.7 Å². The predicted octanol–water partition coefficient (Wildman–Crippen LogP) is 6.37. The molecule has 1 saturated carbocycles. The molecule has 7 heteroatoms. The minimum absolute atomic E-state index is 0.00260. The first-order valence-electron chi connectivity index (χ1n) is 14.0. The van der Waals surface area contributed by atoms with Gasteiger partial charge < -0.3 is 19.1 Å². The number of methoxy groups -OCH3 is 1. The van der Waals surface area contributed by atoms with Crippen molar-refractivity contribution in [1.82, 2.24) is 0 Å². The summed E-state index contributed by atoms with van der Waals surface area (Å²) in [7, 11) is 1.39. The number of rotatable bonds is 6. The number of hydrogen-bond donors (Lipinski definition) is 0. The molecule has 0 N–H and O–H groups in total. The van der Waals surface area contributed by atoms with E-state index in [0.717, 1.165) is 56.4 Å². The van der Waals surface area contributed by atoms with Crippen LogP contribution in [0.25, 0.3) is 0 Å². The zero-order valence-electron chi connectivity index (χ0n) is 23.8. The summed E-state index contributed by atoms with van der Waals surface area (Å²) in [5, 5.41) is 0. The van der Waals surface area contributed by atoms with Crippen molar-refractivity contribution in [1.29, 1.82) is 0 Å². The second kappa shape index (κ2) is 12.4. The van der Waals surface area contributed by atoms with Crippen molar-refractivity contribution in [2.24, 2.45) is 17.3 Å². The molecule has 0 spiro atoms. The summed E-state index contributed by atoms with van der Waals surface area (Å²) in [6.07, 6.45) is 8.61. The van der Waals surface area contributed by atoms with Crippen molar-refractivity contribution in [3.8, 4) is 11.8 Å². The molecule has 1 unspecified atom stereocenters. The van der Waals surface area contributed by atoms with E-state index in [-0.39, 0.29) is 41.4 Å². The Morgan fingerprint density at radius 3 is 2.47 bits per heavy atom. The SMILES string of the molecule is COC(=O)c1sc(C#CC(C)(C)C)cc1N(C(=O)C1CC=C(C)C[C@@H]1C)C1CCC(O[C@H]2CCOC2)CC1. The second-order valence-electron chi connectivity index (χ2n) is 12.2. The normalized spacial score (nSPS) is 27.7. The van der Waals surface area contributed by atoms with Crippen molar-refractivity contribution in [2.75, 3.05) is 25.2 Å². The Balaban J connectivity index is 1.66. The topological polar surface area (TPSA) is 65.1 Å². The zero-order chi connectivity index (χ0) is 27.4. The summed E-state index contributed by atoms with van der Waals surface area (Å²) < 4.78 is 17.0. The summed E-state index contributed by atoms with van der Waals surface area (Å²) in [5.74, 6) is 6.33. The molecule has 1 aliphatic heterocycles. The molecule has 1 aromatic heterocycles. The molecule has 0 aromatic carbocycles. The van der Waals surface area contributed by atoms with Crippen LogP contribution in [-0.4, -0.2) is 50.4 Å². The number of ether oxygens (including phenoxy) is 3. The highest BCUT2D eigenvalue weighted by Gasteiger charge is 2.39. The molecule has 2 aliphatic carbocycles. The van der Waals surface area contributed by atoms with Crippen LogP contribution in [0.2, 0.25) is 0 Å². The van der Waals surface area contributed by atoms with Gasteiger partial charge in [0.15, 0.2) is 0 Å². The third kappa shape index (κ3) is 7.08. The van der Waals surface area contributed by atoms with Crippen molar-refractivity contribution in [3.63, 3.8) is 0 Å². The van der Waals surface area contributed by atoms with Gasteiger partial charge in [0.1, 0.15) is 4.88 Å². The van der Waals surface area contributed by atoms with E-state index in [0.29, 0.717) is 17.2 Å². The van der Waals surface area contributed by atoms with Gasteiger partial charge >= 0.3 is 5.97 Å². The number of amides is 1. The van der Waals surface area contributed by atoms with Gasteiger partial charge in [0.2, 0.25) is 5.91 Å². The molecule has 6 nitrogen and oxygen atoms in total. The Hall–Kier alpha value is -2.14. The lowest BCUT2D eigenvalue weighted by molar-refractivity contribution is -0.124. The lowest BCUT2D eigenvalue weighted by Gasteiger charge is -2.40. The number of allylic oxidation sites excluding steroid dienone is 2. The fourth-order valence-corrected chi connectivity index (χ4v) is 6.68. The van der Waals surface area contributed by atoms with Crippen LogP contribution in [-0.2, 0) is 19.0 Å². The highest BCUT2D eigenvalue weighted by molar-refractivity contribution is 7.15. The minimum atomic E-state index is -0.419. The summed E-state index contributed by atoms with van der Waals surface area (Å²) in [6.45, 7) is 11.9. The Morgan fingerprint density at radius 2 is 1.87 bits per heavy atom. The number of anilines is 1. The summed E-state index contributed by atoms with van der Waals surface area (Å²) >= 11 is 1.32. The van der Waals surface area contributed by atoms with Gasteiger partial charge in [-0.25, -0.2) is 4.79 Å². The molecular formula is C31H43NO5S. The van der Waals surface area contributed by atoms with Crippen LogP contribution in [0, 0.1) is 29.1 Å². The van der Waals surface area contributed by atoms with Crippen LogP contribution in [0.4, 0.5) is 5.69 Å². The smallest absolute Gasteiger partial charge is 0.350 e. The van der Waals surface area contributed by atoms with Gasteiger partial charge in [-0.2, -0.15) is 0 Å². The number of hydrogen-bond acceptors (Lipinski definition) is 6. The lowest BCUT2D eigenvalue weighted by atomic mass is 9.79. The van der Waals surface area contributed by atoms with Crippen LogP contribution in [0.1, 0.15) is 94.1 Å². The molecule has 3 aliphatic rings. The maximum Gasteiger partial charge on any atom is 0.350 e. The molecule has 0 radical (unpaired) electrons. The van der Waals surface area contributed by atoms with Gasteiger partial charge in [-0.15, -0.1) is 11.3 Å². The van der Waals surface area contributed by atoms with Crippen LogP contribution in [0.3, 0.4) is 0 Å². The zero-order valence-corrected chi connectivity index (χ0v) is 24.6. The van der Waals surface area contributed by atoms with E-state index in [1.165, 1.54) is 24.0 Å². The van der Waals surface area contributed by atoms with E-state index < -0.39 is 5.97 Å². The number of carbonyl (C=O) groups is 2. The first kappa shape index (κ1) is 28.9. The molecule has 1 amide bonds. The van der Waals surface area contributed by atoms with E-state index in [4.69, 9.17) is 14.2 Å². The Labute approximate surface area is 232 Å². The van der Waals surface area contributed by atoms with Gasteiger partial charge in [-0.3, -0.25) is 4.79 Å². The van der Waals surface area contributed by atoms with Crippen molar-refractivity contribution in [2.45, 2.75) is 97.8 Å². The minimum Gasteiger partial charge on any atom is -0.465 e. The fraction of sp³-hybridized carbons (Fsp3) is 0.677. The molecule has 2 heterocycles. The Kier molecular flexibility index (Phi) is 9.39. The average Bonchev–Trinajstić information content (AvgIpc) is 3.53. The number of carbonyl (C=O) groups excluding carboxylic acids is 2. The van der Waals surface area contributed by atoms with Crippen molar-refractivity contribution >= 4 is 28.9 Å². The standard InChI is InChI=1S/C31H43NO5S/c1-20-7-12-26(21(2)17-20)29(33)32(22-8-10-23(11-9-22)37-24-14-16-36-19-24)27-18-25(13-15-31(3,4)5)38-28(27)30(34)35-6/h7,18,21-24,26H,8-12,14,16-17,19H2,1-6H3/t21-,22?,23?,24-,26?/m0/s1. The van der Waals surface area contributed by atoms with Gasteiger partial charge in [0.05, 0.1) is 36.5 Å². The quantitative estimate of drug-likeness (QED) is 0.238. The van der Waals surface area contributed by atoms with E-state index in [1.807, 2.05) is 11.0 Å². The average molecular weight is 542 g/mol.